The second-order valence-corrected chi connectivity index (χ2v) is 8.09. The third-order valence-electron chi connectivity index (χ3n) is 5.06. The summed E-state index contributed by atoms with van der Waals surface area (Å²) in [6, 6.07) is 18.3. The van der Waals surface area contributed by atoms with Gasteiger partial charge in [-0.2, -0.15) is 5.10 Å². The molecule has 0 fully saturated rings. The monoisotopic (exact) mass is 526 g/mol. The highest BCUT2D eigenvalue weighted by Gasteiger charge is 2.31. The summed E-state index contributed by atoms with van der Waals surface area (Å²) >= 11 is 5.29. The SMILES string of the molecule is COc1ccc(NC(=S)N/N=C/c2ccc(-c3ncn(-c4ccc(OC(F)(F)F)cc4)n3)cc2)c(C)c1. The number of halogens is 3. The molecule has 2 N–H and O–H groups in total. The molecule has 0 saturated carbocycles. The normalized spacial score (nSPS) is 11.4. The van der Waals surface area contributed by atoms with Crippen LogP contribution in [-0.4, -0.2) is 39.6 Å². The van der Waals surface area contributed by atoms with Gasteiger partial charge in [-0.25, -0.2) is 9.67 Å². The largest absolute Gasteiger partial charge is 0.573 e. The van der Waals surface area contributed by atoms with Gasteiger partial charge in [0, 0.05) is 11.3 Å². The predicted octanol–water partition coefficient (Wildman–Crippen LogP) is 5.47. The van der Waals surface area contributed by atoms with Crippen LogP contribution in [0, 0.1) is 6.92 Å². The van der Waals surface area contributed by atoms with Crippen molar-refractivity contribution in [3.8, 4) is 28.6 Å². The lowest BCUT2D eigenvalue weighted by Crippen LogP contribution is -2.24. The number of rotatable bonds is 7. The van der Waals surface area contributed by atoms with Gasteiger partial charge in [-0.05, 0) is 72.7 Å². The lowest BCUT2D eigenvalue weighted by molar-refractivity contribution is -0.274. The topological polar surface area (TPSA) is 85.6 Å². The number of benzene rings is 3. The number of nitrogens with one attached hydrogen (secondary N) is 2. The van der Waals surface area contributed by atoms with Crippen molar-refractivity contribution in [3.05, 3.63) is 84.2 Å². The molecular formula is C25H21F3N6O2S. The number of nitrogens with zero attached hydrogens (tertiary/aromatic N) is 4. The Morgan fingerprint density at radius 2 is 1.73 bits per heavy atom. The molecule has 8 nitrogen and oxygen atoms in total. The van der Waals surface area contributed by atoms with Gasteiger partial charge in [0.1, 0.15) is 17.8 Å². The van der Waals surface area contributed by atoms with Crippen molar-refractivity contribution in [2.75, 3.05) is 12.4 Å². The maximum Gasteiger partial charge on any atom is 0.573 e. The molecule has 190 valence electrons. The molecule has 0 radical (unpaired) electrons. The first kappa shape index (κ1) is 25.6. The zero-order chi connectivity index (χ0) is 26.4. The molecule has 4 rings (SSSR count). The van der Waals surface area contributed by atoms with Crippen LogP contribution in [0.25, 0.3) is 17.1 Å². The number of aryl methyl sites for hydroxylation is 1. The fourth-order valence-corrected chi connectivity index (χ4v) is 3.42. The van der Waals surface area contributed by atoms with Gasteiger partial charge in [0.25, 0.3) is 0 Å². The van der Waals surface area contributed by atoms with E-state index in [0.29, 0.717) is 16.6 Å². The van der Waals surface area contributed by atoms with Crippen LogP contribution < -0.4 is 20.2 Å². The van der Waals surface area contributed by atoms with E-state index in [2.05, 4.69) is 30.7 Å². The molecule has 37 heavy (non-hydrogen) atoms. The van der Waals surface area contributed by atoms with E-state index in [1.54, 1.807) is 13.3 Å². The zero-order valence-corrected chi connectivity index (χ0v) is 20.5. The highest BCUT2D eigenvalue weighted by atomic mass is 32.1. The number of methoxy groups -OCH3 is 1. The number of anilines is 1. The average molecular weight is 527 g/mol. The molecule has 4 aromatic rings. The Labute approximate surface area is 215 Å². The summed E-state index contributed by atoms with van der Waals surface area (Å²) in [6.45, 7) is 1.94. The molecule has 0 unspecified atom stereocenters. The molecule has 3 aromatic carbocycles. The van der Waals surface area contributed by atoms with Crippen molar-refractivity contribution in [3.63, 3.8) is 0 Å². The van der Waals surface area contributed by atoms with E-state index >= 15 is 0 Å². The molecule has 0 aliphatic heterocycles. The molecule has 0 atom stereocenters. The second kappa shape index (κ2) is 11.1. The minimum atomic E-state index is -4.74. The molecular weight excluding hydrogens is 505 g/mol. The van der Waals surface area contributed by atoms with Crippen LogP contribution in [-0.2, 0) is 0 Å². The molecule has 0 aliphatic carbocycles. The molecule has 12 heteroatoms. The van der Waals surface area contributed by atoms with Crippen molar-refractivity contribution >= 4 is 29.2 Å². The summed E-state index contributed by atoms with van der Waals surface area (Å²) in [4.78, 5) is 4.28. The van der Waals surface area contributed by atoms with Crippen LogP contribution in [0.5, 0.6) is 11.5 Å². The van der Waals surface area contributed by atoms with Crippen LogP contribution in [0.3, 0.4) is 0 Å². The van der Waals surface area contributed by atoms with Crippen molar-refractivity contribution in [2.45, 2.75) is 13.3 Å². The number of hydrazone groups is 1. The first-order chi connectivity index (χ1) is 17.7. The maximum absolute atomic E-state index is 12.3. The van der Waals surface area contributed by atoms with Crippen LogP contribution in [0.4, 0.5) is 18.9 Å². The van der Waals surface area contributed by atoms with Crippen LogP contribution in [0.1, 0.15) is 11.1 Å². The number of hydrogen-bond donors (Lipinski definition) is 2. The van der Waals surface area contributed by atoms with E-state index in [-0.39, 0.29) is 5.75 Å². The molecule has 0 saturated heterocycles. The number of alkyl halides is 3. The Morgan fingerprint density at radius 3 is 2.38 bits per heavy atom. The minimum absolute atomic E-state index is 0.310. The van der Waals surface area contributed by atoms with Crippen molar-refractivity contribution < 1.29 is 22.6 Å². The summed E-state index contributed by atoms with van der Waals surface area (Å²) < 4.78 is 47.5. The predicted molar refractivity (Wildman–Crippen MR) is 138 cm³/mol. The molecule has 0 aliphatic rings. The Kier molecular flexibility index (Phi) is 7.68. The van der Waals surface area contributed by atoms with Gasteiger partial charge < -0.3 is 14.8 Å². The smallest absolute Gasteiger partial charge is 0.497 e. The number of hydrogen-bond acceptors (Lipinski definition) is 6. The van der Waals surface area contributed by atoms with Gasteiger partial charge in [0.05, 0.1) is 19.0 Å². The lowest BCUT2D eigenvalue weighted by atomic mass is 10.1. The summed E-state index contributed by atoms with van der Waals surface area (Å²) in [7, 11) is 1.61. The second-order valence-electron chi connectivity index (χ2n) is 7.68. The Balaban J connectivity index is 1.34. The summed E-state index contributed by atoms with van der Waals surface area (Å²) in [5.74, 6) is 0.909. The van der Waals surface area contributed by atoms with Crippen LogP contribution >= 0.6 is 12.2 Å². The van der Waals surface area contributed by atoms with E-state index in [0.717, 1.165) is 28.1 Å². The van der Waals surface area contributed by atoms with E-state index in [1.807, 2.05) is 49.4 Å². The molecule has 1 aromatic heterocycles. The molecule has 1 heterocycles. The van der Waals surface area contributed by atoms with Crippen LogP contribution in [0.2, 0.25) is 0 Å². The highest BCUT2D eigenvalue weighted by Crippen LogP contribution is 2.24. The first-order valence-electron chi connectivity index (χ1n) is 10.8. The molecule has 0 bridgehead atoms. The number of thiocarbonyl (C=S) groups is 1. The van der Waals surface area contributed by atoms with Crippen LogP contribution in [0.15, 0.2) is 78.2 Å². The van der Waals surface area contributed by atoms with E-state index in [9.17, 15) is 13.2 Å². The van der Waals surface area contributed by atoms with Crippen molar-refractivity contribution in [1.82, 2.24) is 20.2 Å². The number of ether oxygens (including phenoxy) is 2. The molecule has 0 amide bonds. The number of aromatic nitrogens is 3. The highest BCUT2D eigenvalue weighted by molar-refractivity contribution is 7.80. The van der Waals surface area contributed by atoms with E-state index < -0.39 is 6.36 Å². The Bertz CT molecular complexity index is 1400. The van der Waals surface area contributed by atoms with Crippen molar-refractivity contribution in [1.29, 1.82) is 0 Å². The van der Waals surface area contributed by atoms with E-state index in [4.69, 9.17) is 17.0 Å². The van der Waals surface area contributed by atoms with Gasteiger partial charge in [0.15, 0.2) is 10.9 Å². The average Bonchev–Trinajstić information content (AvgIpc) is 3.35. The third kappa shape index (κ3) is 7.04. The third-order valence-corrected chi connectivity index (χ3v) is 5.25. The summed E-state index contributed by atoms with van der Waals surface area (Å²) in [5.41, 5.74) is 6.72. The fourth-order valence-electron chi connectivity index (χ4n) is 3.26. The van der Waals surface area contributed by atoms with Gasteiger partial charge in [-0.15, -0.1) is 18.3 Å². The Hall–Kier alpha value is -4.45. The first-order valence-corrected chi connectivity index (χ1v) is 11.2. The van der Waals surface area contributed by atoms with Gasteiger partial charge in [-0.3, -0.25) is 5.43 Å². The van der Waals surface area contributed by atoms with Crippen molar-refractivity contribution in [2.24, 2.45) is 5.10 Å². The van der Waals surface area contributed by atoms with Gasteiger partial charge >= 0.3 is 6.36 Å². The van der Waals surface area contributed by atoms with Gasteiger partial charge in [0.2, 0.25) is 0 Å². The maximum atomic E-state index is 12.3. The molecule has 0 spiro atoms. The van der Waals surface area contributed by atoms with E-state index in [1.165, 1.54) is 35.3 Å². The Morgan fingerprint density at radius 1 is 1.03 bits per heavy atom. The fraction of sp³-hybridized carbons (Fsp3) is 0.120. The zero-order valence-electron chi connectivity index (χ0n) is 19.7. The summed E-state index contributed by atoms with van der Waals surface area (Å²) in [6.07, 6.45) is -1.64. The van der Waals surface area contributed by atoms with Gasteiger partial charge in [-0.1, -0.05) is 24.3 Å². The standard InChI is InChI=1S/C25H21F3N6O2S/c1-16-13-21(35-2)11-12-22(16)31-24(37)32-30-14-17-3-5-18(6-4-17)23-29-15-34(33-23)19-7-9-20(10-8-19)36-25(26,27)28/h3-15H,1-2H3,(H2,31,32,37)/b30-14+. The quantitative estimate of drug-likeness (QED) is 0.188. The minimum Gasteiger partial charge on any atom is -0.497 e. The lowest BCUT2D eigenvalue weighted by Gasteiger charge is -2.11. The summed E-state index contributed by atoms with van der Waals surface area (Å²) in [5, 5.41) is 12.0.